The number of carbonyl (C=O) groups is 3. The summed E-state index contributed by atoms with van der Waals surface area (Å²) in [5.74, 6) is -1.69. The summed E-state index contributed by atoms with van der Waals surface area (Å²) in [5.41, 5.74) is 0. The molecule has 2 amide bonds. The molecule has 0 aromatic carbocycles. The molecule has 6 nitrogen and oxygen atoms in total. The quantitative estimate of drug-likeness (QED) is 0.645. The van der Waals surface area contributed by atoms with Crippen molar-refractivity contribution in [3.63, 3.8) is 0 Å². The van der Waals surface area contributed by atoms with Crippen LogP contribution in [0.5, 0.6) is 0 Å². The molecular formula is C10H14N2O4. The largest absolute Gasteiger partial charge is 0.478 e. The maximum Gasteiger partial charge on any atom is 0.328 e. The van der Waals surface area contributed by atoms with Crippen molar-refractivity contribution in [2.75, 3.05) is 6.54 Å². The lowest BCUT2D eigenvalue weighted by molar-refractivity contribution is -0.133. The van der Waals surface area contributed by atoms with Crippen LogP contribution in [0.15, 0.2) is 12.2 Å². The molecule has 0 bridgehead atoms. The van der Waals surface area contributed by atoms with Gasteiger partial charge < -0.3 is 15.3 Å². The highest BCUT2D eigenvalue weighted by Gasteiger charge is 2.25. The fourth-order valence-corrected chi connectivity index (χ4v) is 1.56. The molecule has 6 heteroatoms. The van der Waals surface area contributed by atoms with Crippen LogP contribution in [0.1, 0.15) is 19.8 Å². The number of likely N-dealkylation sites (tertiary alicyclic amines) is 1. The fourth-order valence-electron chi connectivity index (χ4n) is 1.56. The van der Waals surface area contributed by atoms with E-state index in [2.05, 4.69) is 5.32 Å². The molecule has 16 heavy (non-hydrogen) atoms. The van der Waals surface area contributed by atoms with Gasteiger partial charge in [-0.05, 0) is 13.3 Å². The van der Waals surface area contributed by atoms with Crippen LogP contribution in [0, 0.1) is 0 Å². The zero-order valence-electron chi connectivity index (χ0n) is 8.97. The molecule has 0 spiro atoms. The van der Waals surface area contributed by atoms with Gasteiger partial charge in [0.05, 0.1) is 0 Å². The van der Waals surface area contributed by atoms with Crippen molar-refractivity contribution < 1.29 is 19.5 Å². The smallest absolute Gasteiger partial charge is 0.328 e. The Hall–Kier alpha value is -1.85. The molecule has 1 aliphatic heterocycles. The van der Waals surface area contributed by atoms with E-state index in [0.29, 0.717) is 13.0 Å². The fraction of sp³-hybridized carbons (Fsp3) is 0.500. The van der Waals surface area contributed by atoms with Gasteiger partial charge in [-0.1, -0.05) is 0 Å². The zero-order valence-corrected chi connectivity index (χ0v) is 8.97. The second-order valence-corrected chi connectivity index (χ2v) is 3.55. The van der Waals surface area contributed by atoms with Gasteiger partial charge in [0.15, 0.2) is 0 Å². The standard InChI is InChI=1S/C10H14N2O4/c1-7(12-6-2-3-9(12)14)11-8(13)4-5-10(15)16/h4-5,7H,2-3,6H2,1H3,(H,11,13)(H,15,16). The maximum absolute atomic E-state index is 11.3. The van der Waals surface area contributed by atoms with Gasteiger partial charge in [0.1, 0.15) is 6.17 Å². The molecule has 0 aliphatic carbocycles. The summed E-state index contributed by atoms with van der Waals surface area (Å²) < 4.78 is 0. The number of carboxylic acid groups (broad SMARTS) is 1. The van der Waals surface area contributed by atoms with Crippen molar-refractivity contribution in [2.24, 2.45) is 0 Å². The lowest BCUT2D eigenvalue weighted by Crippen LogP contribution is -2.46. The molecule has 0 saturated carbocycles. The van der Waals surface area contributed by atoms with Gasteiger partial charge in [-0.15, -0.1) is 0 Å². The molecule has 1 heterocycles. The monoisotopic (exact) mass is 226 g/mol. The number of nitrogens with one attached hydrogen (secondary N) is 1. The minimum absolute atomic E-state index is 0.00927. The van der Waals surface area contributed by atoms with E-state index >= 15 is 0 Å². The van der Waals surface area contributed by atoms with Gasteiger partial charge in [-0.2, -0.15) is 0 Å². The Labute approximate surface area is 92.9 Å². The SMILES string of the molecule is CC(NC(=O)C=CC(=O)O)N1CCCC1=O. The molecule has 0 radical (unpaired) electrons. The van der Waals surface area contributed by atoms with Crippen LogP contribution in [0.2, 0.25) is 0 Å². The van der Waals surface area contributed by atoms with E-state index < -0.39 is 18.0 Å². The predicted molar refractivity (Wildman–Crippen MR) is 55.3 cm³/mol. The number of aliphatic carboxylic acids is 1. The van der Waals surface area contributed by atoms with Crippen molar-refractivity contribution in [2.45, 2.75) is 25.9 Å². The maximum atomic E-state index is 11.3. The van der Waals surface area contributed by atoms with E-state index in [1.165, 1.54) is 0 Å². The first-order valence-electron chi connectivity index (χ1n) is 5.01. The summed E-state index contributed by atoms with van der Waals surface area (Å²) in [7, 11) is 0. The summed E-state index contributed by atoms with van der Waals surface area (Å²) in [6, 6.07) is 0. The second kappa shape index (κ2) is 5.29. The van der Waals surface area contributed by atoms with Gasteiger partial charge in [0.25, 0.3) is 0 Å². The third-order valence-electron chi connectivity index (χ3n) is 2.31. The third kappa shape index (κ3) is 3.38. The van der Waals surface area contributed by atoms with Gasteiger partial charge in [0, 0.05) is 25.1 Å². The Kier molecular flexibility index (Phi) is 4.04. The molecule has 1 atom stereocenters. The predicted octanol–water partition coefficient (Wildman–Crippen LogP) is -0.288. The molecule has 1 rings (SSSR count). The van der Waals surface area contributed by atoms with Crippen LogP contribution in [-0.2, 0) is 14.4 Å². The van der Waals surface area contributed by atoms with Crippen LogP contribution >= 0.6 is 0 Å². The molecule has 1 unspecified atom stereocenters. The van der Waals surface area contributed by atoms with Crippen molar-refractivity contribution in [1.29, 1.82) is 0 Å². The first-order valence-corrected chi connectivity index (χ1v) is 5.01. The van der Waals surface area contributed by atoms with Gasteiger partial charge >= 0.3 is 5.97 Å². The first-order chi connectivity index (χ1) is 7.50. The van der Waals surface area contributed by atoms with Crippen molar-refractivity contribution >= 4 is 17.8 Å². The number of amides is 2. The zero-order chi connectivity index (χ0) is 12.1. The van der Waals surface area contributed by atoms with Gasteiger partial charge in [-0.25, -0.2) is 4.79 Å². The van der Waals surface area contributed by atoms with Crippen molar-refractivity contribution in [1.82, 2.24) is 10.2 Å². The van der Waals surface area contributed by atoms with E-state index in [0.717, 1.165) is 18.6 Å². The van der Waals surface area contributed by atoms with Crippen LogP contribution in [0.25, 0.3) is 0 Å². The van der Waals surface area contributed by atoms with Crippen molar-refractivity contribution in [3.8, 4) is 0 Å². The Balaban J connectivity index is 2.44. The minimum atomic E-state index is -1.18. The van der Waals surface area contributed by atoms with Crippen LogP contribution in [-0.4, -0.2) is 40.5 Å². The highest BCUT2D eigenvalue weighted by Crippen LogP contribution is 2.11. The van der Waals surface area contributed by atoms with E-state index in [1.807, 2.05) is 0 Å². The summed E-state index contributed by atoms with van der Waals surface area (Å²) in [6.07, 6.45) is 2.59. The Morgan fingerprint density at radius 1 is 1.50 bits per heavy atom. The topological polar surface area (TPSA) is 86.7 Å². The second-order valence-electron chi connectivity index (χ2n) is 3.55. The lowest BCUT2D eigenvalue weighted by Gasteiger charge is -2.24. The van der Waals surface area contributed by atoms with Crippen LogP contribution < -0.4 is 5.32 Å². The Morgan fingerprint density at radius 3 is 2.69 bits per heavy atom. The number of carboxylic acids is 1. The van der Waals surface area contributed by atoms with Gasteiger partial charge in [0.2, 0.25) is 11.8 Å². The number of hydrogen-bond acceptors (Lipinski definition) is 3. The molecule has 1 saturated heterocycles. The van der Waals surface area contributed by atoms with Crippen LogP contribution in [0.3, 0.4) is 0 Å². The summed E-state index contributed by atoms with van der Waals surface area (Å²) >= 11 is 0. The highest BCUT2D eigenvalue weighted by atomic mass is 16.4. The molecule has 1 fully saturated rings. The van der Waals surface area contributed by atoms with E-state index in [-0.39, 0.29) is 5.91 Å². The van der Waals surface area contributed by atoms with E-state index in [4.69, 9.17) is 5.11 Å². The molecule has 0 aromatic heterocycles. The summed E-state index contributed by atoms with van der Waals surface area (Å²) in [6.45, 7) is 2.32. The molecule has 88 valence electrons. The normalized spacial score (nSPS) is 17.8. The average molecular weight is 226 g/mol. The number of hydrogen-bond donors (Lipinski definition) is 2. The number of nitrogens with zero attached hydrogens (tertiary/aromatic N) is 1. The third-order valence-corrected chi connectivity index (χ3v) is 2.31. The minimum Gasteiger partial charge on any atom is -0.478 e. The first kappa shape index (κ1) is 12.2. The number of rotatable bonds is 4. The Bertz CT molecular complexity index is 338. The molecular weight excluding hydrogens is 212 g/mol. The van der Waals surface area contributed by atoms with Gasteiger partial charge in [-0.3, -0.25) is 9.59 Å². The lowest BCUT2D eigenvalue weighted by atomic mass is 10.4. The molecule has 2 N–H and O–H groups in total. The average Bonchev–Trinajstić information content (AvgIpc) is 2.61. The molecule has 1 aliphatic rings. The van der Waals surface area contributed by atoms with E-state index in [9.17, 15) is 14.4 Å². The summed E-state index contributed by atoms with van der Waals surface area (Å²) in [5, 5.41) is 10.8. The Morgan fingerprint density at radius 2 is 2.19 bits per heavy atom. The van der Waals surface area contributed by atoms with Crippen molar-refractivity contribution in [3.05, 3.63) is 12.2 Å². The highest BCUT2D eigenvalue weighted by molar-refractivity contribution is 5.94. The van der Waals surface area contributed by atoms with E-state index in [1.54, 1.807) is 11.8 Å². The molecule has 0 aromatic rings. The van der Waals surface area contributed by atoms with Crippen LogP contribution in [0.4, 0.5) is 0 Å². The number of carbonyl (C=O) groups excluding carboxylic acids is 2. The summed E-state index contributed by atoms with van der Waals surface area (Å²) in [4.78, 5) is 34.3.